The minimum atomic E-state index is -0.987. The molecule has 1 aromatic carbocycles. The van der Waals surface area contributed by atoms with E-state index in [9.17, 15) is 9.59 Å². The summed E-state index contributed by atoms with van der Waals surface area (Å²) >= 11 is 11.7. The highest BCUT2D eigenvalue weighted by Gasteiger charge is 2.21. The van der Waals surface area contributed by atoms with Crippen molar-refractivity contribution in [2.75, 3.05) is 5.32 Å². The van der Waals surface area contributed by atoms with Gasteiger partial charge in [0.15, 0.2) is 6.10 Å². The monoisotopic (exact) mass is 341 g/mol. The summed E-state index contributed by atoms with van der Waals surface area (Å²) in [7, 11) is 0. The molecule has 7 heteroatoms. The van der Waals surface area contributed by atoms with Gasteiger partial charge < -0.3 is 14.5 Å². The first-order valence-corrected chi connectivity index (χ1v) is 7.14. The van der Waals surface area contributed by atoms with Crippen LogP contribution >= 0.6 is 23.2 Å². The molecule has 0 aliphatic heterocycles. The number of carbonyl (C=O) groups excluding carboxylic acids is 2. The zero-order valence-electron chi connectivity index (χ0n) is 11.9. The number of amides is 1. The maximum atomic E-state index is 12.0. The molecular weight excluding hydrogens is 329 g/mol. The van der Waals surface area contributed by atoms with Crippen LogP contribution in [-0.2, 0) is 9.53 Å². The van der Waals surface area contributed by atoms with Crippen molar-refractivity contribution >= 4 is 40.8 Å². The Morgan fingerprint density at radius 2 is 1.86 bits per heavy atom. The number of aryl methyl sites for hydroxylation is 1. The van der Waals surface area contributed by atoms with E-state index in [-0.39, 0.29) is 5.56 Å². The van der Waals surface area contributed by atoms with Crippen molar-refractivity contribution in [1.29, 1.82) is 0 Å². The number of furan rings is 1. The summed E-state index contributed by atoms with van der Waals surface area (Å²) in [5, 5.41) is 3.36. The molecule has 22 heavy (non-hydrogen) atoms. The molecule has 1 atom stereocenters. The first-order valence-electron chi connectivity index (χ1n) is 6.39. The van der Waals surface area contributed by atoms with Crippen molar-refractivity contribution < 1.29 is 18.7 Å². The molecule has 0 fully saturated rings. The first kappa shape index (κ1) is 16.4. The van der Waals surface area contributed by atoms with E-state index in [1.54, 1.807) is 25.1 Å². The molecule has 0 radical (unpaired) electrons. The molecule has 0 saturated carbocycles. The summed E-state index contributed by atoms with van der Waals surface area (Å²) in [5.41, 5.74) is 0.704. The second kappa shape index (κ2) is 6.85. The number of hydrogen-bond acceptors (Lipinski definition) is 4. The van der Waals surface area contributed by atoms with Gasteiger partial charge in [-0.25, -0.2) is 4.79 Å². The largest absolute Gasteiger partial charge is 0.469 e. The summed E-state index contributed by atoms with van der Waals surface area (Å²) < 4.78 is 10.1. The van der Waals surface area contributed by atoms with Crippen molar-refractivity contribution in [1.82, 2.24) is 0 Å². The lowest BCUT2D eigenvalue weighted by Crippen LogP contribution is -2.30. The van der Waals surface area contributed by atoms with Gasteiger partial charge in [-0.3, -0.25) is 4.79 Å². The van der Waals surface area contributed by atoms with Crippen LogP contribution in [0.4, 0.5) is 5.69 Å². The molecule has 1 heterocycles. The van der Waals surface area contributed by atoms with E-state index in [2.05, 4.69) is 5.32 Å². The number of halogens is 2. The molecule has 0 bridgehead atoms. The Morgan fingerprint density at radius 3 is 2.41 bits per heavy atom. The first-order chi connectivity index (χ1) is 10.4. The number of anilines is 1. The van der Waals surface area contributed by atoms with Crippen LogP contribution < -0.4 is 5.32 Å². The third kappa shape index (κ3) is 4.02. The summed E-state index contributed by atoms with van der Waals surface area (Å²) in [5.74, 6) is -0.690. The zero-order chi connectivity index (χ0) is 16.3. The van der Waals surface area contributed by atoms with Gasteiger partial charge in [0.2, 0.25) is 0 Å². The fourth-order valence-corrected chi connectivity index (χ4v) is 2.27. The predicted molar refractivity (Wildman–Crippen MR) is 83.4 cm³/mol. The molecule has 0 unspecified atom stereocenters. The second-order valence-electron chi connectivity index (χ2n) is 4.59. The van der Waals surface area contributed by atoms with Crippen LogP contribution in [0.25, 0.3) is 0 Å². The van der Waals surface area contributed by atoms with Crippen LogP contribution in [0.2, 0.25) is 10.0 Å². The summed E-state index contributed by atoms with van der Waals surface area (Å²) in [6, 6.07) is 6.11. The van der Waals surface area contributed by atoms with Gasteiger partial charge in [-0.1, -0.05) is 23.2 Å². The number of benzene rings is 1. The number of carbonyl (C=O) groups is 2. The van der Waals surface area contributed by atoms with Crippen molar-refractivity contribution in [2.45, 2.75) is 20.0 Å². The van der Waals surface area contributed by atoms with Gasteiger partial charge >= 0.3 is 5.97 Å². The Labute approximate surface area is 137 Å². The van der Waals surface area contributed by atoms with Crippen molar-refractivity contribution in [3.63, 3.8) is 0 Å². The maximum Gasteiger partial charge on any atom is 0.342 e. The highest BCUT2D eigenvalue weighted by atomic mass is 35.5. The van der Waals surface area contributed by atoms with Gasteiger partial charge in [0.1, 0.15) is 11.3 Å². The lowest BCUT2D eigenvalue weighted by molar-refractivity contribution is -0.123. The Bertz CT molecular complexity index is 691. The number of rotatable bonds is 4. The fourth-order valence-electron chi connectivity index (χ4n) is 1.74. The molecule has 0 aliphatic rings. The van der Waals surface area contributed by atoms with E-state index in [1.165, 1.54) is 19.3 Å². The van der Waals surface area contributed by atoms with Gasteiger partial charge in [-0.15, -0.1) is 0 Å². The van der Waals surface area contributed by atoms with E-state index in [0.29, 0.717) is 21.5 Å². The molecule has 2 rings (SSSR count). The highest BCUT2D eigenvalue weighted by Crippen LogP contribution is 2.22. The molecule has 116 valence electrons. The molecule has 2 aromatic rings. The van der Waals surface area contributed by atoms with Gasteiger partial charge in [-0.2, -0.15) is 0 Å². The SMILES string of the molecule is Cc1occc1C(=O)O[C@H](C)C(=O)Nc1cc(Cl)cc(Cl)c1. The maximum absolute atomic E-state index is 12.0. The lowest BCUT2D eigenvalue weighted by Gasteiger charge is -2.13. The average Bonchev–Trinajstić information content (AvgIpc) is 2.83. The summed E-state index contributed by atoms with van der Waals surface area (Å²) in [6.45, 7) is 3.10. The van der Waals surface area contributed by atoms with E-state index < -0.39 is 18.0 Å². The zero-order valence-corrected chi connectivity index (χ0v) is 13.4. The highest BCUT2D eigenvalue weighted by molar-refractivity contribution is 6.35. The van der Waals surface area contributed by atoms with E-state index >= 15 is 0 Å². The molecule has 1 aromatic heterocycles. The van der Waals surface area contributed by atoms with Gasteiger partial charge in [0, 0.05) is 15.7 Å². The molecule has 5 nitrogen and oxygen atoms in total. The minimum absolute atomic E-state index is 0.283. The summed E-state index contributed by atoms with van der Waals surface area (Å²) in [4.78, 5) is 23.9. The number of hydrogen-bond donors (Lipinski definition) is 1. The number of esters is 1. The predicted octanol–water partition coefficient (Wildman–Crippen LogP) is 4.08. The van der Waals surface area contributed by atoms with Crippen molar-refractivity contribution in [3.8, 4) is 0 Å². The Balaban J connectivity index is 2.00. The molecular formula is C15H13Cl2NO4. The number of nitrogens with one attached hydrogen (secondary N) is 1. The Hall–Kier alpha value is -1.98. The molecule has 0 aliphatic carbocycles. The van der Waals surface area contributed by atoms with Crippen LogP contribution in [0.3, 0.4) is 0 Å². The lowest BCUT2D eigenvalue weighted by atomic mass is 10.2. The van der Waals surface area contributed by atoms with Crippen LogP contribution in [0.1, 0.15) is 23.0 Å². The minimum Gasteiger partial charge on any atom is -0.469 e. The standard InChI is InChI=1S/C15H13Cl2NO4/c1-8-13(3-4-21-8)15(20)22-9(2)14(19)18-12-6-10(16)5-11(17)7-12/h3-7,9H,1-2H3,(H,18,19)/t9-/m1/s1. The van der Waals surface area contributed by atoms with Crippen LogP contribution in [0.15, 0.2) is 34.9 Å². The fraction of sp³-hybridized carbons (Fsp3) is 0.200. The Morgan fingerprint density at radius 1 is 1.23 bits per heavy atom. The van der Waals surface area contributed by atoms with E-state index in [4.69, 9.17) is 32.4 Å². The van der Waals surface area contributed by atoms with Gasteiger partial charge in [0.25, 0.3) is 5.91 Å². The van der Waals surface area contributed by atoms with Crippen LogP contribution in [0.5, 0.6) is 0 Å². The molecule has 0 spiro atoms. The summed E-state index contributed by atoms with van der Waals surface area (Å²) in [6.07, 6.45) is 0.393. The Kier molecular flexibility index (Phi) is 5.11. The van der Waals surface area contributed by atoms with Crippen molar-refractivity contribution in [3.05, 3.63) is 51.9 Å². The topological polar surface area (TPSA) is 68.5 Å². The molecule has 0 saturated heterocycles. The second-order valence-corrected chi connectivity index (χ2v) is 5.46. The number of ether oxygens (including phenoxy) is 1. The van der Waals surface area contributed by atoms with E-state index in [0.717, 1.165) is 0 Å². The molecule has 1 N–H and O–H groups in total. The third-order valence-corrected chi connectivity index (χ3v) is 3.30. The molecule has 1 amide bonds. The quantitative estimate of drug-likeness (QED) is 0.850. The van der Waals surface area contributed by atoms with Gasteiger partial charge in [0.05, 0.1) is 6.26 Å². The van der Waals surface area contributed by atoms with Crippen LogP contribution in [0, 0.1) is 6.92 Å². The van der Waals surface area contributed by atoms with E-state index in [1.807, 2.05) is 0 Å². The normalized spacial score (nSPS) is 11.8. The van der Waals surface area contributed by atoms with Crippen molar-refractivity contribution in [2.24, 2.45) is 0 Å². The smallest absolute Gasteiger partial charge is 0.342 e. The van der Waals surface area contributed by atoms with Gasteiger partial charge in [-0.05, 0) is 38.1 Å². The average molecular weight is 342 g/mol. The third-order valence-electron chi connectivity index (χ3n) is 2.86. The van der Waals surface area contributed by atoms with Crippen LogP contribution in [-0.4, -0.2) is 18.0 Å².